The van der Waals surface area contributed by atoms with Crippen LogP contribution in [0.15, 0.2) is 0 Å². The van der Waals surface area contributed by atoms with E-state index in [1.807, 2.05) is 4.90 Å². The van der Waals surface area contributed by atoms with Gasteiger partial charge in [-0.15, -0.1) is 21.2 Å². The molecule has 0 radical (unpaired) electrons. The normalized spacial score (nSPS) is 24.8. The predicted molar refractivity (Wildman–Crippen MR) is 30.1 cm³/mol. The third kappa shape index (κ3) is 1.31. The second-order valence-corrected chi connectivity index (χ2v) is 2.08. The lowest BCUT2D eigenvalue weighted by Gasteiger charge is -2.06. The van der Waals surface area contributed by atoms with E-state index in [4.69, 9.17) is 11.6 Å². The van der Waals surface area contributed by atoms with Crippen molar-refractivity contribution in [3.63, 3.8) is 0 Å². The van der Waals surface area contributed by atoms with Crippen LogP contribution in [0.4, 0.5) is 4.48 Å². The van der Waals surface area contributed by atoms with Gasteiger partial charge in [-0.05, 0) is 0 Å². The highest BCUT2D eigenvalue weighted by Crippen LogP contribution is 2.04. The summed E-state index contributed by atoms with van der Waals surface area (Å²) >= 11 is 5.41. The summed E-state index contributed by atoms with van der Waals surface area (Å²) in [6, 6.07) is 0.431. The number of halogens is 2. The summed E-state index contributed by atoms with van der Waals surface area (Å²) in [5.41, 5.74) is 0. The Hall–Kier alpha value is 0.140. The van der Waals surface area contributed by atoms with Gasteiger partial charge in [-0.1, -0.05) is 0 Å². The Kier molecular flexibility index (Phi) is 2.05. The van der Waals surface area contributed by atoms with Gasteiger partial charge in [0.25, 0.3) is 0 Å². The first-order chi connectivity index (χ1) is 3.83. The van der Waals surface area contributed by atoms with Crippen molar-refractivity contribution in [3.8, 4) is 0 Å². The molecule has 0 aromatic heterocycles. The van der Waals surface area contributed by atoms with Crippen LogP contribution in [0.25, 0.3) is 0 Å². The third-order valence-electron chi connectivity index (χ3n) is 1.18. The minimum absolute atomic E-state index is 0.365. The predicted octanol–water partition coefficient (Wildman–Crippen LogP) is 0.642. The fraction of sp³-hybridized carbons (Fsp3) is 1.00. The molecule has 48 valence electrons. The fourth-order valence-electron chi connectivity index (χ4n) is 0.706. The molecular weight excluding hydrogens is 131 g/mol. The molecule has 1 fully saturated rings. The quantitative estimate of drug-likeness (QED) is 0.298. The highest BCUT2D eigenvalue weighted by molar-refractivity contribution is 6.17. The van der Waals surface area contributed by atoms with Crippen LogP contribution in [0.2, 0.25) is 0 Å². The molecular formula is C4H8ClFN2. The van der Waals surface area contributed by atoms with Gasteiger partial charge in [-0.25, -0.2) is 0 Å². The van der Waals surface area contributed by atoms with E-state index in [0.29, 0.717) is 19.2 Å². The van der Waals surface area contributed by atoms with Gasteiger partial charge >= 0.3 is 0 Å². The van der Waals surface area contributed by atoms with Gasteiger partial charge in [0, 0.05) is 13.1 Å². The maximum absolute atomic E-state index is 12.1. The maximum Gasteiger partial charge on any atom is 0.0817 e. The molecule has 1 aliphatic rings. The standard InChI is InChI=1S/C4H8ClFN2/c5-3-7-1-2-8(6)4-7/h1-4H2. The van der Waals surface area contributed by atoms with Crippen molar-refractivity contribution in [2.24, 2.45) is 0 Å². The first kappa shape index (κ1) is 6.26. The molecule has 0 aromatic rings. The Morgan fingerprint density at radius 2 is 2.25 bits per heavy atom. The Labute approximate surface area is 52.8 Å². The van der Waals surface area contributed by atoms with E-state index in [-0.39, 0.29) is 0 Å². The van der Waals surface area contributed by atoms with Crippen molar-refractivity contribution in [1.82, 2.24) is 10.0 Å². The summed E-state index contributed by atoms with van der Waals surface area (Å²) in [7, 11) is 0. The second kappa shape index (κ2) is 2.62. The Morgan fingerprint density at radius 3 is 2.50 bits per heavy atom. The molecule has 0 bridgehead atoms. The molecule has 0 saturated carbocycles. The highest BCUT2D eigenvalue weighted by atomic mass is 35.5. The molecule has 0 N–H and O–H groups in total. The van der Waals surface area contributed by atoms with E-state index >= 15 is 0 Å². The minimum atomic E-state index is 0.365. The van der Waals surface area contributed by atoms with E-state index in [2.05, 4.69) is 0 Å². The second-order valence-electron chi connectivity index (χ2n) is 1.84. The monoisotopic (exact) mass is 138 g/mol. The van der Waals surface area contributed by atoms with Crippen LogP contribution < -0.4 is 0 Å². The number of nitrogens with zero attached hydrogens (tertiary/aromatic N) is 2. The molecule has 8 heavy (non-hydrogen) atoms. The van der Waals surface area contributed by atoms with Gasteiger partial charge in [0.05, 0.1) is 12.7 Å². The van der Waals surface area contributed by atoms with Gasteiger partial charge in [0.15, 0.2) is 0 Å². The largest absolute Gasteiger partial charge is 0.273 e. The first-order valence-corrected chi connectivity index (χ1v) is 3.05. The van der Waals surface area contributed by atoms with Crippen LogP contribution in [-0.2, 0) is 0 Å². The van der Waals surface area contributed by atoms with Gasteiger partial charge in [0.1, 0.15) is 0 Å². The zero-order valence-electron chi connectivity index (χ0n) is 4.48. The lowest BCUT2D eigenvalue weighted by molar-refractivity contribution is 0.0385. The van der Waals surface area contributed by atoms with Crippen LogP contribution in [0.3, 0.4) is 0 Å². The molecule has 1 rings (SSSR count). The number of rotatable bonds is 1. The lowest BCUT2D eigenvalue weighted by atomic mass is 10.7. The highest BCUT2D eigenvalue weighted by Gasteiger charge is 2.17. The zero-order chi connectivity index (χ0) is 5.98. The average molecular weight is 139 g/mol. The summed E-state index contributed by atoms with van der Waals surface area (Å²) in [5, 5.41) is 0.752. The number of hydrogen-bond donors (Lipinski definition) is 0. The zero-order valence-corrected chi connectivity index (χ0v) is 5.23. The van der Waals surface area contributed by atoms with Crippen molar-refractivity contribution in [3.05, 3.63) is 0 Å². The van der Waals surface area contributed by atoms with Crippen molar-refractivity contribution >= 4 is 11.6 Å². The van der Waals surface area contributed by atoms with E-state index < -0.39 is 0 Å². The van der Waals surface area contributed by atoms with Crippen molar-refractivity contribution in [1.29, 1.82) is 0 Å². The third-order valence-corrected chi connectivity index (χ3v) is 1.52. The molecule has 4 heteroatoms. The summed E-state index contributed by atoms with van der Waals surface area (Å²) in [6.45, 7) is 1.61. The van der Waals surface area contributed by atoms with Crippen molar-refractivity contribution in [2.75, 3.05) is 25.8 Å². The molecule has 1 heterocycles. The molecule has 0 amide bonds. The summed E-state index contributed by atoms with van der Waals surface area (Å²) < 4.78 is 12.1. The average Bonchev–Trinajstić information content (AvgIpc) is 2.14. The topological polar surface area (TPSA) is 6.48 Å². The van der Waals surface area contributed by atoms with E-state index in [1.165, 1.54) is 0 Å². The summed E-state index contributed by atoms with van der Waals surface area (Å²) in [4.78, 5) is 1.82. The van der Waals surface area contributed by atoms with E-state index in [9.17, 15) is 4.48 Å². The van der Waals surface area contributed by atoms with Crippen molar-refractivity contribution < 1.29 is 4.48 Å². The molecule has 0 unspecified atom stereocenters. The smallest absolute Gasteiger partial charge is 0.0817 e. The van der Waals surface area contributed by atoms with Gasteiger partial charge < -0.3 is 0 Å². The lowest BCUT2D eigenvalue weighted by Crippen LogP contribution is -2.19. The summed E-state index contributed by atoms with van der Waals surface area (Å²) in [6.07, 6.45) is 0. The van der Waals surface area contributed by atoms with E-state index in [1.54, 1.807) is 0 Å². The van der Waals surface area contributed by atoms with Gasteiger partial charge in [0.2, 0.25) is 0 Å². The molecule has 1 saturated heterocycles. The van der Waals surface area contributed by atoms with Gasteiger partial charge in [-0.2, -0.15) is 0 Å². The van der Waals surface area contributed by atoms with Crippen LogP contribution in [0, 0.1) is 0 Å². The Bertz CT molecular complexity index is 80.4. The van der Waals surface area contributed by atoms with Crippen LogP contribution in [0.5, 0.6) is 0 Å². The van der Waals surface area contributed by atoms with Crippen LogP contribution >= 0.6 is 11.6 Å². The summed E-state index contributed by atoms with van der Waals surface area (Å²) in [5.74, 6) is 0. The number of alkyl halides is 1. The van der Waals surface area contributed by atoms with Gasteiger partial charge in [-0.3, -0.25) is 4.90 Å². The molecule has 0 atom stereocenters. The van der Waals surface area contributed by atoms with Crippen LogP contribution in [0.1, 0.15) is 0 Å². The molecule has 0 spiro atoms. The minimum Gasteiger partial charge on any atom is -0.273 e. The Balaban J connectivity index is 2.22. The van der Waals surface area contributed by atoms with Crippen LogP contribution in [-0.4, -0.2) is 35.8 Å². The molecule has 2 nitrogen and oxygen atoms in total. The Morgan fingerprint density at radius 1 is 1.50 bits per heavy atom. The van der Waals surface area contributed by atoms with Crippen molar-refractivity contribution in [2.45, 2.75) is 0 Å². The SMILES string of the molecule is FN1CCN(CCl)C1. The fourth-order valence-corrected chi connectivity index (χ4v) is 0.901. The first-order valence-electron chi connectivity index (χ1n) is 2.52. The molecule has 1 aliphatic heterocycles. The number of hydrogen-bond acceptors (Lipinski definition) is 2. The molecule has 0 aliphatic carbocycles. The maximum atomic E-state index is 12.1. The van der Waals surface area contributed by atoms with E-state index in [0.717, 1.165) is 11.7 Å². The molecule has 0 aromatic carbocycles.